The maximum absolute atomic E-state index is 5.94. The van der Waals surface area contributed by atoms with E-state index >= 15 is 0 Å². The van der Waals surface area contributed by atoms with Crippen LogP contribution in [0.4, 0.5) is 0 Å². The number of benzene rings is 1. The molecule has 0 bridgehead atoms. The summed E-state index contributed by atoms with van der Waals surface area (Å²) in [6, 6.07) is 6.70. The van der Waals surface area contributed by atoms with Crippen LogP contribution >= 0.6 is 0 Å². The first-order valence-electron chi connectivity index (χ1n) is 5.15. The van der Waals surface area contributed by atoms with Crippen LogP contribution in [0, 0.1) is 13.8 Å². The summed E-state index contributed by atoms with van der Waals surface area (Å²) in [5.41, 5.74) is 15.4. The van der Waals surface area contributed by atoms with Gasteiger partial charge in [-0.3, -0.25) is 0 Å². The zero-order chi connectivity index (χ0) is 10.6. The van der Waals surface area contributed by atoms with Gasteiger partial charge in [0.05, 0.1) is 0 Å². The van der Waals surface area contributed by atoms with Crippen molar-refractivity contribution in [1.29, 1.82) is 0 Å². The quantitative estimate of drug-likeness (QED) is 0.760. The van der Waals surface area contributed by atoms with Crippen LogP contribution < -0.4 is 11.5 Å². The van der Waals surface area contributed by atoms with Crippen LogP contribution in [0.5, 0.6) is 0 Å². The molecule has 0 fully saturated rings. The summed E-state index contributed by atoms with van der Waals surface area (Å²) in [6.07, 6.45) is 1.83. The lowest BCUT2D eigenvalue weighted by Crippen LogP contribution is -2.26. The van der Waals surface area contributed by atoms with E-state index < -0.39 is 0 Å². The molecule has 0 heterocycles. The molecule has 0 spiro atoms. The van der Waals surface area contributed by atoms with Gasteiger partial charge in [0.25, 0.3) is 0 Å². The third-order valence-corrected chi connectivity index (χ3v) is 2.52. The molecule has 78 valence electrons. The predicted molar refractivity (Wildman–Crippen MR) is 61.3 cm³/mol. The molecule has 0 saturated heterocycles. The van der Waals surface area contributed by atoms with Crippen LogP contribution in [0.15, 0.2) is 18.2 Å². The minimum Gasteiger partial charge on any atom is -0.330 e. The fourth-order valence-electron chi connectivity index (χ4n) is 1.67. The summed E-state index contributed by atoms with van der Waals surface area (Å²) in [4.78, 5) is 0. The van der Waals surface area contributed by atoms with E-state index in [9.17, 15) is 0 Å². The molecule has 4 N–H and O–H groups in total. The molecular formula is C12H20N2. The molecule has 0 aliphatic heterocycles. The number of aryl methyl sites for hydroxylation is 2. The van der Waals surface area contributed by atoms with Crippen molar-refractivity contribution < 1.29 is 0 Å². The van der Waals surface area contributed by atoms with Gasteiger partial charge in [-0.1, -0.05) is 23.8 Å². The zero-order valence-corrected chi connectivity index (χ0v) is 9.09. The summed E-state index contributed by atoms with van der Waals surface area (Å²) in [7, 11) is 0. The second-order valence-corrected chi connectivity index (χ2v) is 3.97. The van der Waals surface area contributed by atoms with Crippen LogP contribution in [-0.4, -0.2) is 12.6 Å². The van der Waals surface area contributed by atoms with Crippen molar-refractivity contribution in [2.45, 2.75) is 32.7 Å². The summed E-state index contributed by atoms with van der Waals surface area (Å²) in [5.74, 6) is 0. The molecule has 1 aromatic carbocycles. The van der Waals surface area contributed by atoms with E-state index in [4.69, 9.17) is 11.5 Å². The van der Waals surface area contributed by atoms with Crippen molar-refractivity contribution in [3.63, 3.8) is 0 Å². The highest BCUT2D eigenvalue weighted by molar-refractivity contribution is 5.30. The molecule has 1 aromatic rings. The molecule has 1 unspecified atom stereocenters. The Morgan fingerprint density at radius 1 is 1.29 bits per heavy atom. The maximum Gasteiger partial charge on any atom is 0.00914 e. The van der Waals surface area contributed by atoms with Crippen LogP contribution in [0.2, 0.25) is 0 Å². The molecule has 0 aliphatic rings. The Kier molecular flexibility index (Phi) is 4.11. The first-order valence-corrected chi connectivity index (χ1v) is 5.15. The minimum absolute atomic E-state index is 0.196. The van der Waals surface area contributed by atoms with Gasteiger partial charge in [0.15, 0.2) is 0 Å². The van der Waals surface area contributed by atoms with Gasteiger partial charge in [-0.2, -0.15) is 0 Å². The van der Waals surface area contributed by atoms with Gasteiger partial charge in [-0.05, 0) is 44.4 Å². The Morgan fingerprint density at radius 3 is 2.57 bits per heavy atom. The van der Waals surface area contributed by atoms with Gasteiger partial charge in [-0.15, -0.1) is 0 Å². The Balaban J connectivity index is 2.67. The fourth-order valence-corrected chi connectivity index (χ4v) is 1.67. The van der Waals surface area contributed by atoms with Crippen molar-refractivity contribution >= 4 is 0 Å². The largest absolute Gasteiger partial charge is 0.330 e. The normalized spacial score (nSPS) is 12.9. The average molecular weight is 192 g/mol. The fraction of sp³-hybridized carbons (Fsp3) is 0.500. The number of hydrogen-bond donors (Lipinski definition) is 2. The number of nitrogens with two attached hydrogens (primary N) is 2. The Morgan fingerprint density at radius 2 is 2.00 bits per heavy atom. The Bertz CT molecular complexity index is 294. The Labute approximate surface area is 86.3 Å². The molecule has 2 nitrogen and oxygen atoms in total. The van der Waals surface area contributed by atoms with Gasteiger partial charge in [0, 0.05) is 6.04 Å². The molecule has 0 aromatic heterocycles. The van der Waals surface area contributed by atoms with Crippen molar-refractivity contribution in [1.82, 2.24) is 0 Å². The maximum atomic E-state index is 5.94. The van der Waals surface area contributed by atoms with Gasteiger partial charge in [0.1, 0.15) is 0 Å². The standard InChI is InChI=1S/C12H20N2/c1-9-3-4-11(10(2)7-9)8-12(14)5-6-13/h3-4,7,12H,5-6,8,13-14H2,1-2H3. The molecule has 1 atom stereocenters. The van der Waals surface area contributed by atoms with E-state index in [1.807, 2.05) is 0 Å². The van der Waals surface area contributed by atoms with E-state index in [2.05, 4.69) is 32.0 Å². The molecule has 14 heavy (non-hydrogen) atoms. The van der Waals surface area contributed by atoms with Gasteiger partial charge >= 0.3 is 0 Å². The lowest BCUT2D eigenvalue weighted by molar-refractivity contribution is 0.617. The zero-order valence-electron chi connectivity index (χ0n) is 9.09. The molecule has 0 amide bonds. The highest BCUT2D eigenvalue weighted by atomic mass is 14.6. The number of rotatable bonds is 4. The lowest BCUT2D eigenvalue weighted by atomic mass is 9.98. The summed E-state index contributed by atoms with van der Waals surface area (Å²) in [5, 5.41) is 0. The monoisotopic (exact) mass is 192 g/mol. The van der Waals surface area contributed by atoms with Crippen molar-refractivity contribution in [2.75, 3.05) is 6.54 Å². The highest BCUT2D eigenvalue weighted by Crippen LogP contribution is 2.12. The second-order valence-electron chi connectivity index (χ2n) is 3.97. The molecule has 0 aliphatic carbocycles. The SMILES string of the molecule is Cc1ccc(CC(N)CCN)c(C)c1. The van der Waals surface area contributed by atoms with Crippen LogP contribution in [0.25, 0.3) is 0 Å². The second kappa shape index (κ2) is 5.13. The van der Waals surface area contributed by atoms with Crippen LogP contribution in [-0.2, 0) is 6.42 Å². The lowest BCUT2D eigenvalue weighted by Gasteiger charge is -2.12. The van der Waals surface area contributed by atoms with Gasteiger partial charge in [-0.25, -0.2) is 0 Å². The van der Waals surface area contributed by atoms with Crippen LogP contribution in [0.1, 0.15) is 23.1 Å². The first kappa shape index (κ1) is 11.2. The van der Waals surface area contributed by atoms with E-state index in [1.165, 1.54) is 16.7 Å². The van der Waals surface area contributed by atoms with E-state index in [-0.39, 0.29) is 6.04 Å². The smallest absolute Gasteiger partial charge is 0.00914 e. The molecule has 0 radical (unpaired) electrons. The molecular weight excluding hydrogens is 172 g/mol. The van der Waals surface area contributed by atoms with E-state index in [0.717, 1.165) is 12.8 Å². The van der Waals surface area contributed by atoms with E-state index in [0.29, 0.717) is 6.54 Å². The van der Waals surface area contributed by atoms with Gasteiger partial charge < -0.3 is 11.5 Å². The van der Waals surface area contributed by atoms with Crippen LogP contribution in [0.3, 0.4) is 0 Å². The molecule has 0 saturated carbocycles. The Hall–Kier alpha value is -0.860. The van der Waals surface area contributed by atoms with Crippen molar-refractivity contribution in [3.8, 4) is 0 Å². The molecule has 2 heteroatoms. The average Bonchev–Trinajstić information content (AvgIpc) is 2.10. The molecule has 1 rings (SSSR count). The van der Waals surface area contributed by atoms with Gasteiger partial charge in [0.2, 0.25) is 0 Å². The minimum atomic E-state index is 0.196. The van der Waals surface area contributed by atoms with Crippen molar-refractivity contribution in [3.05, 3.63) is 34.9 Å². The highest BCUT2D eigenvalue weighted by Gasteiger charge is 2.05. The first-order chi connectivity index (χ1) is 6.63. The van der Waals surface area contributed by atoms with Crippen molar-refractivity contribution in [2.24, 2.45) is 11.5 Å². The summed E-state index contributed by atoms with van der Waals surface area (Å²) in [6.45, 7) is 4.92. The third kappa shape index (κ3) is 3.13. The third-order valence-electron chi connectivity index (χ3n) is 2.52. The number of hydrogen-bond acceptors (Lipinski definition) is 2. The summed E-state index contributed by atoms with van der Waals surface area (Å²) >= 11 is 0. The topological polar surface area (TPSA) is 52.0 Å². The summed E-state index contributed by atoms with van der Waals surface area (Å²) < 4.78 is 0. The van der Waals surface area contributed by atoms with E-state index in [1.54, 1.807) is 0 Å². The predicted octanol–water partition coefficient (Wildman–Crippen LogP) is 1.52.